The predicted molar refractivity (Wildman–Crippen MR) is 99.3 cm³/mol. The molecule has 0 saturated heterocycles. The Labute approximate surface area is 150 Å². The van der Waals surface area contributed by atoms with Crippen LogP contribution in [0.3, 0.4) is 0 Å². The highest BCUT2D eigenvalue weighted by Gasteiger charge is 2.29. The van der Waals surface area contributed by atoms with E-state index in [1.807, 2.05) is 36.1 Å². The Balaban J connectivity index is 1.53. The molecule has 0 spiro atoms. The molecule has 6 nitrogen and oxygen atoms in total. The maximum absolute atomic E-state index is 12.6. The quantitative estimate of drug-likeness (QED) is 0.768. The zero-order valence-electron chi connectivity index (χ0n) is 14.8. The van der Waals surface area contributed by atoms with E-state index < -0.39 is 10.0 Å². The van der Waals surface area contributed by atoms with Crippen LogP contribution in [0.15, 0.2) is 24.3 Å². The number of carbonyl (C=O) groups is 1. The number of fused-ring (bicyclic) bond motifs is 1. The summed E-state index contributed by atoms with van der Waals surface area (Å²) in [4.78, 5) is 14.1. The molecule has 0 atom stereocenters. The van der Waals surface area contributed by atoms with Crippen LogP contribution in [0.2, 0.25) is 0 Å². The molecular weight excluding hydrogens is 338 g/mol. The molecule has 0 bridgehead atoms. The van der Waals surface area contributed by atoms with Gasteiger partial charge in [-0.15, -0.1) is 0 Å². The lowest BCUT2D eigenvalue weighted by molar-refractivity contribution is 0.196. The molecule has 1 aliphatic carbocycles. The van der Waals surface area contributed by atoms with Gasteiger partial charge in [-0.3, -0.25) is 4.31 Å². The molecule has 1 N–H and O–H groups in total. The summed E-state index contributed by atoms with van der Waals surface area (Å²) >= 11 is 0. The van der Waals surface area contributed by atoms with Crippen molar-refractivity contribution in [1.82, 2.24) is 10.2 Å². The molecule has 138 valence electrons. The maximum Gasteiger partial charge on any atom is 0.317 e. The number of benzene rings is 1. The summed E-state index contributed by atoms with van der Waals surface area (Å²) in [5.74, 6) is 0.554. The van der Waals surface area contributed by atoms with Crippen LogP contribution in [0.5, 0.6) is 0 Å². The third-order valence-corrected chi connectivity index (χ3v) is 6.54. The molecule has 0 radical (unpaired) electrons. The first-order valence-corrected chi connectivity index (χ1v) is 10.7. The number of sulfonamides is 1. The van der Waals surface area contributed by atoms with Gasteiger partial charge in [-0.2, -0.15) is 0 Å². The van der Waals surface area contributed by atoms with E-state index in [1.165, 1.54) is 17.1 Å². The Kier molecular flexibility index (Phi) is 5.51. The Morgan fingerprint density at radius 2 is 2.08 bits per heavy atom. The SMILES string of the molecule is CCCN(CC1CC1)C(=O)NCCS(=O)(=O)N1CCc2ccccc21. The molecule has 7 heteroatoms. The van der Waals surface area contributed by atoms with Gasteiger partial charge in [0.2, 0.25) is 10.0 Å². The fourth-order valence-corrected chi connectivity index (χ4v) is 4.69. The number of nitrogens with zero attached hydrogens (tertiary/aromatic N) is 2. The summed E-state index contributed by atoms with van der Waals surface area (Å²) in [5, 5.41) is 2.79. The van der Waals surface area contributed by atoms with E-state index in [9.17, 15) is 13.2 Å². The van der Waals surface area contributed by atoms with E-state index in [0.717, 1.165) is 30.6 Å². The summed E-state index contributed by atoms with van der Waals surface area (Å²) in [6.45, 7) is 4.17. The van der Waals surface area contributed by atoms with Gasteiger partial charge in [0.05, 0.1) is 11.4 Å². The highest BCUT2D eigenvalue weighted by atomic mass is 32.2. The number of hydrogen-bond donors (Lipinski definition) is 1. The second kappa shape index (κ2) is 7.64. The first-order chi connectivity index (χ1) is 12.0. The Bertz CT molecular complexity index is 716. The molecule has 1 fully saturated rings. The lowest BCUT2D eigenvalue weighted by Gasteiger charge is -2.23. The molecule has 1 heterocycles. The summed E-state index contributed by atoms with van der Waals surface area (Å²) in [7, 11) is -3.42. The van der Waals surface area contributed by atoms with E-state index in [-0.39, 0.29) is 18.3 Å². The van der Waals surface area contributed by atoms with Crippen LogP contribution in [0.4, 0.5) is 10.5 Å². The van der Waals surface area contributed by atoms with Crippen molar-refractivity contribution >= 4 is 21.7 Å². The number of anilines is 1. The van der Waals surface area contributed by atoms with Crippen molar-refractivity contribution in [1.29, 1.82) is 0 Å². The van der Waals surface area contributed by atoms with Crippen LogP contribution in [0, 0.1) is 5.92 Å². The van der Waals surface area contributed by atoms with E-state index in [4.69, 9.17) is 0 Å². The summed E-state index contributed by atoms with van der Waals surface area (Å²) < 4.78 is 26.7. The molecule has 1 aromatic rings. The van der Waals surface area contributed by atoms with Gasteiger partial charge in [-0.25, -0.2) is 13.2 Å². The summed E-state index contributed by atoms with van der Waals surface area (Å²) in [6, 6.07) is 7.45. The van der Waals surface area contributed by atoms with Gasteiger partial charge in [-0.05, 0) is 43.2 Å². The first-order valence-electron chi connectivity index (χ1n) is 9.12. The van der Waals surface area contributed by atoms with Crippen LogP contribution in [0.25, 0.3) is 0 Å². The van der Waals surface area contributed by atoms with Gasteiger partial charge in [-0.1, -0.05) is 25.1 Å². The molecule has 25 heavy (non-hydrogen) atoms. The van der Waals surface area contributed by atoms with Crippen LogP contribution in [0.1, 0.15) is 31.7 Å². The Morgan fingerprint density at radius 3 is 2.80 bits per heavy atom. The normalized spacial score (nSPS) is 16.6. The Hall–Kier alpha value is -1.76. The molecule has 2 amide bonds. The van der Waals surface area contributed by atoms with E-state index in [1.54, 1.807) is 0 Å². The number of rotatable bonds is 8. The van der Waals surface area contributed by atoms with Gasteiger partial charge in [0.1, 0.15) is 0 Å². The maximum atomic E-state index is 12.6. The molecular formula is C18H27N3O3S. The zero-order chi connectivity index (χ0) is 17.9. The lowest BCUT2D eigenvalue weighted by Crippen LogP contribution is -2.44. The topological polar surface area (TPSA) is 69.7 Å². The first kappa shape index (κ1) is 18.0. The van der Waals surface area contributed by atoms with Crippen LogP contribution in [-0.4, -0.2) is 51.3 Å². The molecule has 1 aliphatic heterocycles. The van der Waals surface area contributed by atoms with Crippen molar-refractivity contribution in [2.24, 2.45) is 5.92 Å². The molecule has 0 unspecified atom stereocenters. The van der Waals surface area contributed by atoms with Crippen molar-refractivity contribution < 1.29 is 13.2 Å². The standard InChI is InChI=1S/C18H27N3O3S/c1-2-11-20(14-15-7-8-15)18(22)19-10-13-25(23,24)21-12-9-16-5-3-4-6-17(16)21/h3-6,15H,2,7-14H2,1H3,(H,19,22). The molecule has 3 rings (SSSR count). The molecule has 2 aliphatic rings. The van der Waals surface area contributed by atoms with Crippen LogP contribution >= 0.6 is 0 Å². The van der Waals surface area contributed by atoms with Crippen molar-refractivity contribution in [3.8, 4) is 0 Å². The van der Waals surface area contributed by atoms with Crippen LogP contribution in [-0.2, 0) is 16.4 Å². The summed E-state index contributed by atoms with van der Waals surface area (Å²) in [6.07, 6.45) is 4.03. The van der Waals surface area contributed by atoms with Crippen molar-refractivity contribution in [3.05, 3.63) is 29.8 Å². The third-order valence-electron chi connectivity index (χ3n) is 4.77. The second-order valence-corrected chi connectivity index (χ2v) is 8.90. The largest absolute Gasteiger partial charge is 0.337 e. The number of hydrogen-bond acceptors (Lipinski definition) is 3. The van der Waals surface area contributed by atoms with Gasteiger partial charge in [0, 0.05) is 26.2 Å². The molecule has 1 aromatic carbocycles. The number of carbonyl (C=O) groups excluding carboxylic acids is 1. The smallest absolute Gasteiger partial charge is 0.317 e. The third kappa shape index (κ3) is 4.45. The summed E-state index contributed by atoms with van der Waals surface area (Å²) in [5.41, 5.74) is 1.84. The van der Waals surface area contributed by atoms with Gasteiger partial charge < -0.3 is 10.2 Å². The van der Waals surface area contributed by atoms with Crippen molar-refractivity contribution in [2.75, 3.05) is 36.2 Å². The zero-order valence-corrected chi connectivity index (χ0v) is 15.6. The predicted octanol–water partition coefficient (Wildman–Crippen LogP) is 2.21. The monoisotopic (exact) mass is 365 g/mol. The Morgan fingerprint density at radius 1 is 1.32 bits per heavy atom. The average molecular weight is 365 g/mol. The number of para-hydroxylation sites is 1. The molecule has 0 aromatic heterocycles. The van der Waals surface area contributed by atoms with Crippen LogP contribution < -0.4 is 9.62 Å². The van der Waals surface area contributed by atoms with E-state index >= 15 is 0 Å². The number of amides is 2. The fraction of sp³-hybridized carbons (Fsp3) is 0.611. The van der Waals surface area contributed by atoms with Gasteiger partial charge in [0.25, 0.3) is 0 Å². The second-order valence-electron chi connectivity index (χ2n) is 6.89. The average Bonchev–Trinajstić information content (AvgIpc) is 3.29. The van der Waals surface area contributed by atoms with Crippen molar-refractivity contribution in [2.45, 2.75) is 32.6 Å². The molecule has 1 saturated carbocycles. The highest BCUT2D eigenvalue weighted by molar-refractivity contribution is 7.92. The number of urea groups is 1. The minimum Gasteiger partial charge on any atom is -0.337 e. The van der Waals surface area contributed by atoms with Crippen molar-refractivity contribution in [3.63, 3.8) is 0 Å². The lowest BCUT2D eigenvalue weighted by atomic mass is 10.2. The fourth-order valence-electron chi connectivity index (χ4n) is 3.26. The highest BCUT2D eigenvalue weighted by Crippen LogP contribution is 2.30. The number of nitrogens with one attached hydrogen (secondary N) is 1. The van der Waals surface area contributed by atoms with E-state index in [2.05, 4.69) is 5.32 Å². The minimum atomic E-state index is -3.42. The van der Waals surface area contributed by atoms with E-state index in [0.29, 0.717) is 19.0 Å². The minimum absolute atomic E-state index is 0.0729. The van der Waals surface area contributed by atoms with Gasteiger partial charge >= 0.3 is 6.03 Å². The van der Waals surface area contributed by atoms with Gasteiger partial charge in [0.15, 0.2) is 0 Å².